The number of hydrogen-bond donors (Lipinski definition) is 2. The van der Waals surface area contributed by atoms with Crippen LogP contribution < -0.4 is 5.73 Å². The van der Waals surface area contributed by atoms with Crippen LogP contribution in [0.2, 0.25) is 0 Å². The van der Waals surface area contributed by atoms with Crippen LogP contribution in [0.5, 0.6) is 0 Å². The van der Waals surface area contributed by atoms with Crippen molar-refractivity contribution in [2.24, 2.45) is 16.8 Å². The summed E-state index contributed by atoms with van der Waals surface area (Å²) < 4.78 is 13.7. The van der Waals surface area contributed by atoms with E-state index in [2.05, 4.69) is 25.9 Å². The number of nitrogens with two attached hydrogens (primary N) is 1. The van der Waals surface area contributed by atoms with Crippen molar-refractivity contribution in [3.63, 3.8) is 0 Å². The van der Waals surface area contributed by atoms with Gasteiger partial charge in [-0.1, -0.05) is 11.2 Å². The van der Waals surface area contributed by atoms with Gasteiger partial charge in [-0.25, -0.2) is 9.18 Å². The molecule has 1 saturated carbocycles. The number of carbonyl (C=O) groups is 1. The number of carboxylic acid groups (broad SMARTS) is 1. The van der Waals surface area contributed by atoms with Crippen molar-refractivity contribution in [3.05, 3.63) is 34.1 Å². The van der Waals surface area contributed by atoms with Crippen LogP contribution in [0.3, 0.4) is 0 Å². The average Bonchev–Trinajstić information content (AvgIpc) is 3.09. The summed E-state index contributed by atoms with van der Waals surface area (Å²) in [6.45, 7) is 0. The Kier molecular flexibility index (Phi) is 3.51. The minimum absolute atomic E-state index is 0.0637. The van der Waals surface area contributed by atoms with Crippen LogP contribution in [0, 0.1) is 11.7 Å². The summed E-state index contributed by atoms with van der Waals surface area (Å²) in [6.07, 6.45) is -0.802. The van der Waals surface area contributed by atoms with E-state index >= 15 is 0 Å². The topological polar surface area (TPSA) is 84.9 Å². The van der Waals surface area contributed by atoms with Crippen LogP contribution in [0.4, 0.5) is 9.18 Å². The summed E-state index contributed by atoms with van der Waals surface area (Å²) >= 11 is 3.08. The molecule has 1 fully saturated rings. The lowest BCUT2D eigenvalue weighted by Crippen LogP contribution is -2.16. The zero-order valence-electron chi connectivity index (χ0n) is 9.14. The van der Waals surface area contributed by atoms with Gasteiger partial charge < -0.3 is 10.8 Å². The average molecular weight is 317 g/mol. The smallest absolute Gasteiger partial charge is 0.448 e. The van der Waals surface area contributed by atoms with Crippen LogP contribution in [0.25, 0.3) is 0 Å². The molecule has 0 bridgehead atoms. The molecule has 0 aromatic heterocycles. The summed E-state index contributed by atoms with van der Waals surface area (Å²) in [5.41, 5.74) is 6.40. The number of amidine groups is 1. The molecule has 7 heteroatoms. The van der Waals surface area contributed by atoms with Gasteiger partial charge in [0.25, 0.3) is 0 Å². The molecule has 0 aliphatic heterocycles. The third-order valence-electron chi connectivity index (χ3n) is 2.77. The van der Waals surface area contributed by atoms with Crippen LogP contribution in [-0.2, 0) is 4.84 Å². The van der Waals surface area contributed by atoms with E-state index in [4.69, 9.17) is 10.8 Å². The lowest BCUT2D eigenvalue weighted by atomic mass is 10.1. The second-order valence-electron chi connectivity index (χ2n) is 4.00. The number of benzene rings is 1. The zero-order chi connectivity index (χ0) is 13.3. The Labute approximate surface area is 111 Å². The van der Waals surface area contributed by atoms with Gasteiger partial charge in [0, 0.05) is 5.92 Å². The largest absolute Gasteiger partial charge is 0.532 e. The van der Waals surface area contributed by atoms with Gasteiger partial charge in [-0.2, -0.15) is 0 Å². The Morgan fingerprint density at radius 1 is 1.61 bits per heavy atom. The first-order valence-corrected chi connectivity index (χ1v) is 5.96. The molecule has 3 N–H and O–H groups in total. The fraction of sp³-hybridized carbons (Fsp3) is 0.273. The van der Waals surface area contributed by atoms with Crippen molar-refractivity contribution in [1.29, 1.82) is 0 Å². The monoisotopic (exact) mass is 316 g/mol. The zero-order valence-corrected chi connectivity index (χ0v) is 10.7. The predicted octanol–water partition coefficient (Wildman–Crippen LogP) is 2.66. The number of halogens is 2. The molecule has 0 unspecified atom stereocenters. The van der Waals surface area contributed by atoms with Crippen molar-refractivity contribution in [3.8, 4) is 0 Å². The number of rotatable bonds is 3. The number of nitrogens with zero attached hydrogens (tertiary/aromatic N) is 1. The van der Waals surface area contributed by atoms with Gasteiger partial charge in [0.2, 0.25) is 0 Å². The summed E-state index contributed by atoms with van der Waals surface area (Å²) in [5.74, 6) is -0.250. The van der Waals surface area contributed by atoms with Crippen molar-refractivity contribution in [2.45, 2.75) is 12.3 Å². The van der Waals surface area contributed by atoms with Crippen molar-refractivity contribution in [1.82, 2.24) is 0 Å². The summed E-state index contributed by atoms with van der Waals surface area (Å²) in [5, 5.41) is 11.6. The first kappa shape index (κ1) is 12.8. The summed E-state index contributed by atoms with van der Waals surface area (Å²) in [4.78, 5) is 14.2. The third kappa shape index (κ3) is 2.79. The number of hydrogen-bond acceptors (Lipinski definition) is 3. The van der Waals surface area contributed by atoms with Crippen LogP contribution in [0.15, 0.2) is 27.8 Å². The van der Waals surface area contributed by atoms with Gasteiger partial charge in [-0.05, 0) is 46.0 Å². The molecule has 5 nitrogen and oxygen atoms in total. The van der Waals surface area contributed by atoms with E-state index in [1.807, 2.05) is 0 Å². The maximum absolute atomic E-state index is 13.3. The second kappa shape index (κ2) is 4.93. The maximum atomic E-state index is 13.3. The fourth-order valence-corrected chi connectivity index (χ4v) is 2.04. The van der Waals surface area contributed by atoms with Gasteiger partial charge in [0.05, 0.1) is 4.47 Å². The van der Waals surface area contributed by atoms with E-state index < -0.39 is 6.16 Å². The normalized spacial score (nSPS) is 22.7. The van der Waals surface area contributed by atoms with Gasteiger partial charge >= 0.3 is 6.16 Å². The molecule has 0 saturated heterocycles. The van der Waals surface area contributed by atoms with Gasteiger partial charge in [-0.15, -0.1) is 0 Å². The summed E-state index contributed by atoms with van der Waals surface area (Å²) in [6, 6.07) is 4.85. The van der Waals surface area contributed by atoms with E-state index in [9.17, 15) is 9.18 Å². The number of oxime groups is 1. The highest BCUT2D eigenvalue weighted by atomic mass is 79.9. The molecule has 18 heavy (non-hydrogen) atoms. The van der Waals surface area contributed by atoms with Gasteiger partial charge in [0.1, 0.15) is 11.7 Å². The summed E-state index contributed by atoms with van der Waals surface area (Å²) in [7, 11) is 0. The molecule has 1 aromatic carbocycles. The van der Waals surface area contributed by atoms with Crippen molar-refractivity contribution in [2.75, 3.05) is 0 Å². The first-order valence-electron chi connectivity index (χ1n) is 5.17. The Balaban J connectivity index is 2.04. The maximum Gasteiger partial charge on any atom is 0.532 e. The SMILES string of the molecule is N/C(=N/OC(=O)O)[C@H]1C[C@@H]1c1ccc(Br)c(F)c1. The highest BCUT2D eigenvalue weighted by molar-refractivity contribution is 9.10. The van der Waals surface area contributed by atoms with Crippen molar-refractivity contribution >= 4 is 27.9 Å². The van der Waals surface area contributed by atoms with Crippen LogP contribution in [-0.4, -0.2) is 17.1 Å². The van der Waals surface area contributed by atoms with Crippen molar-refractivity contribution < 1.29 is 19.1 Å². The molecule has 0 heterocycles. The molecule has 1 aliphatic rings. The standard InChI is InChI=1S/C11H10BrFN2O3/c12-8-2-1-5(3-9(8)13)6-4-7(6)10(14)15-18-11(16)17/h1-3,6-7H,4H2,(H2,14,15)(H,16,17)/t6-,7+/m1/s1. The molecule has 0 amide bonds. The quantitative estimate of drug-likeness (QED) is 0.388. The molecular formula is C11H10BrFN2O3. The molecule has 0 spiro atoms. The van der Waals surface area contributed by atoms with Gasteiger partial charge in [0.15, 0.2) is 0 Å². The molecule has 1 aromatic rings. The lowest BCUT2D eigenvalue weighted by Gasteiger charge is -2.02. The molecule has 1 aliphatic carbocycles. The molecule has 0 radical (unpaired) electrons. The second-order valence-corrected chi connectivity index (χ2v) is 4.85. The Morgan fingerprint density at radius 3 is 2.94 bits per heavy atom. The molecular weight excluding hydrogens is 307 g/mol. The highest BCUT2D eigenvalue weighted by Crippen LogP contribution is 2.47. The van der Waals surface area contributed by atoms with Crippen LogP contribution in [0.1, 0.15) is 17.9 Å². The van der Waals surface area contributed by atoms with Gasteiger partial charge in [-0.3, -0.25) is 4.84 Å². The van der Waals surface area contributed by atoms with E-state index in [0.717, 1.165) is 5.56 Å². The van der Waals surface area contributed by atoms with E-state index in [-0.39, 0.29) is 23.5 Å². The van der Waals surface area contributed by atoms with E-state index in [0.29, 0.717) is 10.9 Å². The first-order chi connectivity index (χ1) is 8.49. The fourth-order valence-electron chi connectivity index (χ4n) is 1.79. The van der Waals surface area contributed by atoms with E-state index in [1.54, 1.807) is 12.1 Å². The van der Waals surface area contributed by atoms with Crippen LogP contribution >= 0.6 is 15.9 Å². The minimum atomic E-state index is -1.51. The molecule has 96 valence electrons. The highest BCUT2D eigenvalue weighted by Gasteiger charge is 2.42. The Hall–Kier alpha value is -1.63. The molecule has 2 rings (SSSR count). The minimum Gasteiger partial charge on any atom is -0.448 e. The Morgan fingerprint density at radius 2 is 2.33 bits per heavy atom. The lowest BCUT2D eigenvalue weighted by molar-refractivity contribution is 0.0943. The van der Waals surface area contributed by atoms with E-state index in [1.165, 1.54) is 6.07 Å². The third-order valence-corrected chi connectivity index (χ3v) is 3.41. The Bertz CT molecular complexity index is 521. The predicted molar refractivity (Wildman–Crippen MR) is 65.7 cm³/mol. The molecule has 2 atom stereocenters.